The molecule has 1 amide bonds. The summed E-state index contributed by atoms with van der Waals surface area (Å²) in [7, 11) is 3.15. The average Bonchev–Trinajstić information content (AvgIpc) is 2.94. The Labute approximate surface area is 159 Å². The number of halogens is 1. The van der Waals surface area contributed by atoms with E-state index < -0.39 is 12.1 Å². The third-order valence-corrected chi connectivity index (χ3v) is 4.74. The lowest BCUT2D eigenvalue weighted by Gasteiger charge is -2.13. The second-order valence-corrected chi connectivity index (χ2v) is 6.61. The van der Waals surface area contributed by atoms with Gasteiger partial charge in [0.1, 0.15) is 11.3 Å². The van der Waals surface area contributed by atoms with Crippen molar-refractivity contribution in [3.05, 3.63) is 50.9 Å². The number of benzene rings is 1. The molecule has 3 aromatic rings. The van der Waals surface area contributed by atoms with E-state index in [2.05, 4.69) is 10.4 Å². The summed E-state index contributed by atoms with van der Waals surface area (Å²) in [6.45, 7) is 3.48. The second kappa shape index (κ2) is 6.96. The van der Waals surface area contributed by atoms with Crippen LogP contribution >= 0.6 is 11.6 Å². The van der Waals surface area contributed by atoms with E-state index in [1.54, 1.807) is 52.3 Å². The molecular formula is C18H19ClN4O4. The standard InChI is InChI=1S/C18H19ClN4O4/c1-9-7-13(10(2)20-18(25)26)15-17(24)22(3)16(21-23(9)15)12-6-5-11(27-4)8-14(12)19/h5-8,10,20H,1-4H3,(H,25,26). The summed E-state index contributed by atoms with van der Waals surface area (Å²) in [4.78, 5) is 24.0. The summed E-state index contributed by atoms with van der Waals surface area (Å²) < 4.78 is 8.08. The Morgan fingerprint density at radius 1 is 1.37 bits per heavy atom. The van der Waals surface area contributed by atoms with Crippen LogP contribution in [-0.2, 0) is 7.05 Å². The summed E-state index contributed by atoms with van der Waals surface area (Å²) in [5.41, 5.74) is 1.89. The van der Waals surface area contributed by atoms with Gasteiger partial charge in [0.15, 0.2) is 5.82 Å². The number of carbonyl (C=O) groups is 1. The zero-order valence-corrected chi connectivity index (χ0v) is 16.0. The quantitative estimate of drug-likeness (QED) is 0.713. The molecule has 2 heterocycles. The Morgan fingerprint density at radius 2 is 2.07 bits per heavy atom. The number of nitrogens with zero attached hydrogens (tertiary/aromatic N) is 3. The molecule has 1 atom stereocenters. The van der Waals surface area contributed by atoms with Gasteiger partial charge in [-0.3, -0.25) is 9.36 Å². The van der Waals surface area contributed by atoms with Crippen molar-refractivity contribution in [2.24, 2.45) is 7.05 Å². The number of nitrogens with one attached hydrogen (secondary N) is 1. The number of carboxylic acid groups (broad SMARTS) is 1. The maximum atomic E-state index is 13.0. The molecule has 0 spiro atoms. The molecular weight excluding hydrogens is 372 g/mol. The molecule has 142 valence electrons. The molecule has 9 heteroatoms. The van der Waals surface area contributed by atoms with Crippen LogP contribution in [0.25, 0.3) is 16.9 Å². The van der Waals surface area contributed by atoms with Crippen LogP contribution in [0.5, 0.6) is 5.75 Å². The van der Waals surface area contributed by atoms with E-state index in [9.17, 15) is 9.59 Å². The fourth-order valence-electron chi connectivity index (χ4n) is 3.04. The molecule has 0 aliphatic carbocycles. The molecule has 0 saturated carbocycles. The number of fused-ring (bicyclic) bond motifs is 1. The van der Waals surface area contributed by atoms with Crippen LogP contribution in [0.4, 0.5) is 4.79 Å². The van der Waals surface area contributed by atoms with Crippen LogP contribution in [-0.4, -0.2) is 32.5 Å². The highest BCUT2D eigenvalue weighted by Gasteiger charge is 2.21. The van der Waals surface area contributed by atoms with Gasteiger partial charge in [0.2, 0.25) is 0 Å². The number of amides is 1. The molecule has 0 bridgehead atoms. The molecule has 1 aromatic carbocycles. The molecule has 8 nitrogen and oxygen atoms in total. The van der Waals surface area contributed by atoms with Crippen LogP contribution in [0.1, 0.15) is 24.2 Å². The van der Waals surface area contributed by atoms with Gasteiger partial charge in [0.05, 0.1) is 18.2 Å². The minimum absolute atomic E-state index is 0.297. The van der Waals surface area contributed by atoms with E-state index in [4.69, 9.17) is 21.4 Å². The van der Waals surface area contributed by atoms with E-state index in [1.165, 1.54) is 9.08 Å². The molecule has 0 aliphatic rings. The predicted octanol–water partition coefficient (Wildman–Crippen LogP) is 3.00. The normalized spacial score (nSPS) is 12.2. The van der Waals surface area contributed by atoms with Crippen LogP contribution in [0.3, 0.4) is 0 Å². The molecule has 2 aromatic heterocycles. The summed E-state index contributed by atoms with van der Waals surface area (Å²) >= 11 is 6.35. The van der Waals surface area contributed by atoms with Crippen molar-refractivity contribution in [2.45, 2.75) is 19.9 Å². The number of ether oxygens (including phenoxy) is 1. The first kappa shape index (κ1) is 18.8. The minimum Gasteiger partial charge on any atom is -0.497 e. The van der Waals surface area contributed by atoms with Gasteiger partial charge < -0.3 is 15.2 Å². The van der Waals surface area contributed by atoms with Gasteiger partial charge >= 0.3 is 6.09 Å². The monoisotopic (exact) mass is 390 g/mol. The fraction of sp³-hybridized carbons (Fsp3) is 0.278. The summed E-state index contributed by atoms with van der Waals surface area (Å²) in [6.07, 6.45) is -1.16. The molecule has 0 radical (unpaired) electrons. The number of rotatable bonds is 4. The lowest BCUT2D eigenvalue weighted by Crippen LogP contribution is -2.28. The van der Waals surface area contributed by atoms with Gasteiger partial charge in [-0.25, -0.2) is 9.31 Å². The van der Waals surface area contributed by atoms with Crippen molar-refractivity contribution in [1.29, 1.82) is 0 Å². The zero-order chi connectivity index (χ0) is 19.9. The molecule has 2 N–H and O–H groups in total. The van der Waals surface area contributed by atoms with E-state index >= 15 is 0 Å². The Hall–Kier alpha value is -3.00. The summed E-state index contributed by atoms with van der Waals surface area (Å²) in [6, 6.07) is 6.33. The first-order chi connectivity index (χ1) is 12.7. The molecule has 1 unspecified atom stereocenters. The average molecular weight is 391 g/mol. The van der Waals surface area contributed by atoms with Crippen molar-refractivity contribution >= 4 is 23.2 Å². The number of hydrogen-bond acceptors (Lipinski definition) is 4. The van der Waals surface area contributed by atoms with Crippen molar-refractivity contribution < 1.29 is 14.6 Å². The van der Waals surface area contributed by atoms with E-state index in [1.807, 2.05) is 0 Å². The predicted molar refractivity (Wildman–Crippen MR) is 102 cm³/mol. The van der Waals surface area contributed by atoms with Crippen LogP contribution in [0, 0.1) is 6.92 Å². The van der Waals surface area contributed by atoms with Gasteiger partial charge in [0, 0.05) is 23.9 Å². The highest BCUT2D eigenvalue weighted by Crippen LogP contribution is 2.30. The highest BCUT2D eigenvalue weighted by molar-refractivity contribution is 6.33. The second-order valence-electron chi connectivity index (χ2n) is 6.21. The molecule has 0 saturated heterocycles. The molecule has 27 heavy (non-hydrogen) atoms. The van der Waals surface area contributed by atoms with Gasteiger partial charge in [-0.15, -0.1) is 5.10 Å². The van der Waals surface area contributed by atoms with Crippen molar-refractivity contribution in [3.63, 3.8) is 0 Å². The number of aromatic nitrogens is 3. The Bertz CT molecular complexity index is 1100. The Morgan fingerprint density at radius 3 is 2.67 bits per heavy atom. The van der Waals surface area contributed by atoms with Gasteiger partial charge in [-0.2, -0.15) is 0 Å². The first-order valence-corrected chi connectivity index (χ1v) is 8.55. The first-order valence-electron chi connectivity index (χ1n) is 8.17. The van der Waals surface area contributed by atoms with Crippen molar-refractivity contribution in [1.82, 2.24) is 19.5 Å². The summed E-state index contributed by atoms with van der Waals surface area (Å²) in [5, 5.41) is 16.3. The number of aryl methyl sites for hydroxylation is 1. The van der Waals surface area contributed by atoms with E-state index in [0.717, 1.165) is 0 Å². The topological polar surface area (TPSA) is 97.9 Å². The molecule has 0 aliphatic heterocycles. The maximum Gasteiger partial charge on any atom is 0.405 e. The Kier molecular flexibility index (Phi) is 4.84. The van der Waals surface area contributed by atoms with E-state index in [0.29, 0.717) is 38.9 Å². The van der Waals surface area contributed by atoms with Gasteiger partial charge in [-0.1, -0.05) is 11.6 Å². The lowest BCUT2D eigenvalue weighted by molar-refractivity contribution is 0.191. The number of methoxy groups -OCH3 is 1. The number of hydrogen-bond donors (Lipinski definition) is 2. The smallest absolute Gasteiger partial charge is 0.405 e. The third kappa shape index (κ3) is 3.23. The van der Waals surface area contributed by atoms with Gasteiger partial charge in [-0.05, 0) is 38.1 Å². The van der Waals surface area contributed by atoms with Crippen LogP contribution in [0.15, 0.2) is 29.1 Å². The third-order valence-electron chi connectivity index (χ3n) is 4.43. The fourth-order valence-corrected chi connectivity index (χ4v) is 3.30. The molecule has 3 rings (SSSR count). The highest BCUT2D eigenvalue weighted by atomic mass is 35.5. The SMILES string of the molecule is COc1ccc(-c2nn3c(C)cc(C(C)NC(=O)O)c3c(=O)n2C)c(Cl)c1. The largest absolute Gasteiger partial charge is 0.497 e. The lowest BCUT2D eigenvalue weighted by atomic mass is 10.1. The van der Waals surface area contributed by atoms with E-state index in [-0.39, 0.29) is 5.56 Å². The van der Waals surface area contributed by atoms with Crippen molar-refractivity contribution in [3.8, 4) is 17.1 Å². The van der Waals surface area contributed by atoms with Crippen molar-refractivity contribution in [2.75, 3.05) is 7.11 Å². The zero-order valence-electron chi connectivity index (χ0n) is 15.3. The minimum atomic E-state index is -1.16. The summed E-state index contributed by atoms with van der Waals surface area (Å²) in [5.74, 6) is 0.993. The Balaban J connectivity index is 2.25. The molecule has 0 fully saturated rings. The van der Waals surface area contributed by atoms with Gasteiger partial charge in [0.25, 0.3) is 5.56 Å². The van der Waals surface area contributed by atoms with Crippen LogP contribution < -0.4 is 15.6 Å². The maximum absolute atomic E-state index is 13.0. The van der Waals surface area contributed by atoms with Crippen LogP contribution in [0.2, 0.25) is 5.02 Å².